The van der Waals surface area contributed by atoms with Gasteiger partial charge in [-0.15, -0.1) is 0 Å². The maximum Gasteiger partial charge on any atom is 0.261 e. The van der Waals surface area contributed by atoms with Crippen molar-refractivity contribution >= 4 is 52.5 Å². The van der Waals surface area contributed by atoms with E-state index >= 15 is 0 Å². The molecule has 1 aromatic heterocycles. The standard InChI is InChI=1S/C24H26ClN7O2/c1-15-6-7-19(30-27-10-9-26)17(14-15)23(34)32-13-12-31(11-8-16(32)2)24-28-20-5-3-4-18(25)21(20)22(33)29-24/h3-7,9-10,14,16,26,30H,8,11-13H2,1-2H3,(H,28,29,33)/b26-9?,27-10-. The van der Waals surface area contributed by atoms with E-state index in [0.717, 1.165) is 11.8 Å². The van der Waals surface area contributed by atoms with Crippen molar-refractivity contribution < 1.29 is 4.79 Å². The van der Waals surface area contributed by atoms with Crippen molar-refractivity contribution in [2.45, 2.75) is 26.3 Å². The van der Waals surface area contributed by atoms with E-state index < -0.39 is 0 Å². The number of hydrogen-bond acceptors (Lipinski definition) is 7. The van der Waals surface area contributed by atoms with E-state index in [1.54, 1.807) is 18.2 Å². The van der Waals surface area contributed by atoms with Crippen LogP contribution in [0.3, 0.4) is 0 Å². The van der Waals surface area contributed by atoms with E-state index in [1.165, 1.54) is 6.21 Å². The van der Waals surface area contributed by atoms with Crippen molar-refractivity contribution in [2.24, 2.45) is 5.10 Å². The Morgan fingerprint density at radius 2 is 2.12 bits per heavy atom. The van der Waals surface area contributed by atoms with Crippen LogP contribution in [0.15, 0.2) is 46.3 Å². The van der Waals surface area contributed by atoms with Crippen LogP contribution in [0.1, 0.15) is 29.3 Å². The Labute approximate surface area is 201 Å². The average Bonchev–Trinajstić information content (AvgIpc) is 3.01. The molecule has 1 aliphatic heterocycles. The predicted octanol–water partition coefficient (Wildman–Crippen LogP) is 3.67. The smallest absolute Gasteiger partial charge is 0.261 e. The van der Waals surface area contributed by atoms with Gasteiger partial charge in [0.15, 0.2) is 0 Å². The lowest BCUT2D eigenvalue weighted by Crippen LogP contribution is -2.40. The number of nitrogens with zero attached hydrogens (tertiary/aromatic N) is 4. The van der Waals surface area contributed by atoms with Gasteiger partial charge in [-0.25, -0.2) is 4.98 Å². The number of nitrogens with one attached hydrogen (secondary N) is 3. The Kier molecular flexibility index (Phi) is 6.93. The summed E-state index contributed by atoms with van der Waals surface area (Å²) >= 11 is 6.18. The molecule has 3 aromatic rings. The number of H-pyrrole nitrogens is 1. The number of anilines is 2. The second-order valence-electron chi connectivity index (χ2n) is 8.25. The van der Waals surface area contributed by atoms with E-state index in [4.69, 9.17) is 17.0 Å². The lowest BCUT2D eigenvalue weighted by atomic mass is 10.1. The second-order valence-corrected chi connectivity index (χ2v) is 8.66. The Morgan fingerprint density at radius 3 is 2.91 bits per heavy atom. The van der Waals surface area contributed by atoms with Crippen LogP contribution in [-0.4, -0.2) is 58.9 Å². The van der Waals surface area contributed by atoms with Crippen molar-refractivity contribution in [1.29, 1.82) is 5.41 Å². The number of hydrogen-bond donors (Lipinski definition) is 3. The summed E-state index contributed by atoms with van der Waals surface area (Å²) in [6.45, 7) is 5.58. The average molecular weight is 480 g/mol. The monoisotopic (exact) mass is 479 g/mol. The molecule has 9 nitrogen and oxygen atoms in total. The maximum atomic E-state index is 13.6. The van der Waals surface area contributed by atoms with Gasteiger partial charge in [-0.2, -0.15) is 5.10 Å². The molecule has 34 heavy (non-hydrogen) atoms. The summed E-state index contributed by atoms with van der Waals surface area (Å²) in [6.07, 6.45) is 3.09. The van der Waals surface area contributed by atoms with Gasteiger partial charge in [0.2, 0.25) is 5.95 Å². The highest BCUT2D eigenvalue weighted by molar-refractivity contribution is 6.35. The summed E-state index contributed by atoms with van der Waals surface area (Å²) in [7, 11) is 0. The molecule has 1 saturated heterocycles. The summed E-state index contributed by atoms with van der Waals surface area (Å²) < 4.78 is 0. The number of benzene rings is 2. The number of carbonyl (C=O) groups is 1. The summed E-state index contributed by atoms with van der Waals surface area (Å²) in [5.74, 6) is 0.373. The van der Waals surface area contributed by atoms with E-state index in [9.17, 15) is 9.59 Å². The number of carbonyl (C=O) groups excluding carboxylic acids is 1. The molecule has 1 aliphatic rings. The largest absolute Gasteiger partial charge is 0.340 e. The van der Waals surface area contributed by atoms with Crippen LogP contribution >= 0.6 is 11.6 Å². The van der Waals surface area contributed by atoms with Crippen molar-refractivity contribution in [1.82, 2.24) is 14.9 Å². The zero-order valence-electron chi connectivity index (χ0n) is 19.0. The fourth-order valence-electron chi connectivity index (χ4n) is 4.09. The van der Waals surface area contributed by atoms with Crippen LogP contribution < -0.4 is 15.9 Å². The Hall–Kier alpha value is -3.72. The first kappa shape index (κ1) is 23.4. The van der Waals surface area contributed by atoms with E-state index in [-0.39, 0.29) is 17.5 Å². The molecule has 10 heteroatoms. The van der Waals surface area contributed by atoms with Crippen molar-refractivity contribution in [3.63, 3.8) is 0 Å². The number of hydrazone groups is 1. The number of halogens is 1. The molecule has 1 unspecified atom stereocenters. The lowest BCUT2D eigenvalue weighted by molar-refractivity contribution is 0.0706. The van der Waals surface area contributed by atoms with Gasteiger partial charge in [0.25, 0.3) is 11.5 Å². The number of aryl methyl sites for hydroxylation is 1. The van der Waals surface area contributed by atoms with E-state index in [2.05, 4.69) is 20.5 Å². The number of fused-ring (bicyclic) bond motifs is 1. The molecule has 176 valence electrons. The Bertz CT molecular complexity index is 1320. The molecule has 1 fully saturated rings. The highest BCUT2D eigenvalue weighted by atomic mass is 35.5. The van der Waals surface area contributed by atoms with Crippen LogP contribution in [0.2, 0.25) is 5.02 Å². The molecule has 2 heterocycles. The third kappa shape index (κ3) is 4.79. The summed E-state index contributed by atoms with van der Waals surface area (Å²) in [4.78, 5) is 37.5. The van der Waals surface area contributed by atoms with Gasteiger partial charge < -0.3 is 15.2 Å². The molecule has 1 amide bonds. The molecule has 0 radical (unpaired) electrons. The van der Waals surface area contributed by atoms with Crippen molar-refractivity contribution in [3.05, 3.63) is 62.9 Å². The van der Waals surface area contributed by atoms with Gasteiger partial charge >= 0.3 is 0 Å². The minimum atomic E-state index is -0.281. The minimum Gasteiger partial charge on any atom is -0.340 e. The zero-order chi connectivity index (χ0) is 24.2. The third-order valence-corrected chi connectivity index (χ3v) is 6.24. The molecular formula is C24H26ClN7O2. The third-order valence-electron chi connectivity index (χ3n) is 5.93. The van der Waals surface area contributed by atoms with Crippen LogP contribution in [0.5, 0.6) is 0 Å². The molecule has 0 aliphatic carbocycles. The Morgan fingerprint density at radius 1 is 1.29 bits per heavy atom. The quantitative estimate of drug-likeness (QED) is 0.381. The first-order chi connectivity index (χ1) is 16.4. The number of aromatic amines is 1. The second kappa shape index (κ2) is 10.0. The van der Waals surface area contributed by atoms with Crippen LogP contribution in [0.25, 0.3) is 10.9 Å². The summed E-state index contributed by atoms with van der Waals surface area (Å²) in [5.41, 5.74) is 5.18. The van der Waals surface area contributed by atoms with E-state index in [0.29, 0.717) is 59.2 Å². The molecule has 1 atom stereocenters. The SMILES string of the molecule is Cc1ccc(N/N=C\C=N)c(C(=O)N2CCN(c3nc4cccc(Cl)c4c(=O)[nH]3)CCC2C)c1. The van der Waals surface area contributed by atoms with E-state index in [1.807, 2.05) is 41.8 Å². The fourth-order valence-corrected chi connectivity index (χ4v) is 4.35. The summed E-state index contributed by atoms with van der Waals surface area (Å²) in [6, 6.07) is 10.7. The Balaban J connectivity index is 1.59. The fraction of sp³-hybridized carbons (Fsp3) is 0.292. The first-order valence-electron chi connectivity index (χ1n) is 11.0. The lowest BCUT2D eigenvalue weighted by Gasteiger charge is -2.27. The summed E-state index contributed by atoms with van der Waals surface area (Å²) in [5, 5.41) is 11.8. The van der Waals surface area contributed by atoms with Gasteiger partial charge in [0.05, 0.1) is 33.4 Å². The first-order valence-corrected chi connectivity index (χ1v) is 11.4. The predicted molar refractivity (Wildman–Crippen MR) is 137 cm³/mol. The van der Waals surface area contributed by atoms with Gasteiger partial charge in [0.1, 0.15) is 0 Å². The molecule has 3 N–H and O–H groups in total. The number of rotatable bonds is 5. The highest BCUT2D eigenvalue weighted by Crippen LogP contribution is 2.24. The minimum absolute atomic E-state index is 0.0161. The van der Waals surface area contributed by atoms with Gasteiger partial charge in [-0.1, -0.05) is 29.3 Å². The van der Waals surface area contributed by atoms with Crippen LogP contribution in [0.4, 0.5) is 11.6 Å². The molecule has 4 rings (SSSR count). The van der Waals surface area contributed by atoms with Crippen LogP contribution in [-0.2, 0) is 0 Å². The number of amides is 1. The molecule has 0 spiro atoms. The molecular weight excluding hydrogens is 454 g/mol. The molecule has 2 aromatic carbocycles. The van der Waals surface area contributed by atoms with Gasteiger partial charge in [0, 0.05) is 31.9 Å². The topological polar surface area (TPSA) is 118 Å². The number of aromatic nitrogens is 2. The van der Waals surface area contributed by atoms with Crippen LogP contribution in [0, 0.1) is 12.3 Å². The van der Waals surface area contributed by atoms with Gasteiger partial charge in [-0.05, 0) is 44.5 Å². The van der Waals surface area contributed by atoms with Crippen molar-refractivity contribution in [3.8, 4) is 0 Å². The molecule has 0 saturated carbocycles. The maximum absolute atomic E-state index is 13.6. The zero-order valence-corrected chi connectivity index (χ0v) is 19.8. The normalized spacial score (nSPS) is 16.6. The highest BCUT2D eigenvalue weighted by Gasteiger charge is 2.28. The molecule has 0 bridgehead atoms. The van der Waals surface area contributed by atoms with Crippen molar-refractivity contribution in [2.75, 3.05) is 30.0 Å². The van der Waals surface area contributed by atoms with Gasteiger partial charge in [-0.3, -0.25) is 20.0 Å².